The van der Waals surface area contributed by atoms with E-state index in [1.54, 1.807) is 24.2 Å². The van der Waals surface area contributed by atoms with E-state index in [1.165, 1.54) is 12.1 Å². The predicted octanol–water partition coefficient (Wildman–Crippen LogP) is 2.00. The zero-order valence-electron chi connectivity index (χ0n) is 17.0. The third kappa shape index (κ3) is 4.95. The Morgan fingerprint density at radius 1 is 1.38 bits per heavy atom. The molecule has 158 valence electrons. The second kappa shape index (κ2) is 9.39. The van der Waals surface area contributed by atoms with Gasteiger partial charge in [-0.3, -0.25) is 4.79 Å². The van der Waals surface area contributed by atoms with E-state index in [1.807, 2.05) is 0 Å². The number of fused-ring (bicyclic) bond motifs is 1. The van der Waals surface area contributed by atoms with Gasteiger partial charge in [-0.25, -0.2) is 10.2 Å². The average molecular weight is 403 g/mol. The number of likely N-dealkylation sites (tertiary alicyclic amines) is 1. The molecule has 1 aliphatic rings. The molecule has 1 aromatic heterocycles. The van der Waals surface area contributed by atoms with E-state index in [9.17, 15) is 9.18 Å². The van der Waals surface area contributed by atoms with E-state index in [4.69, 9.17) is 17.3 Å². The highest BCUT2D eigenvalue weighted by Gasteiger charge is 2.22. The van der Waals surface area contributed by atoms with Crippen LogP contribution in [0.15, 0.2) is 24.4 Å². The molecule has 7 N–H and O–H groups in total. The molecule has 2 aromatic rings. The number of nitrogens with one attached hydrogen (secondary N) is 1. The summed E-state index contributed by atoms with van der Waals surface area (Å²) in [6, 6.07) is 4.36. The first-order chi connectivity index (χ1) is 13.9. The van der Waals surface area contributed by atoms with Crippen molar-refractivity contribution in [2.75, 3.05) is 32.7 Å². The molecule has 0 atom stereocenters. The SMILES string of the molecule is CCC(=O)c1[nH]c2ccc(F)cc2c1/C(N)=C/N(N)CC1CCN(CCN)CC1. The third-order valence-corrected chi connectivity index (χ3v) is 5.58. The zero-order chi connectivity index (χ0) is 21.0. The van der Waals surface area contributed by atoms with Gasteiger partial charge in [0.15, 0.2) is 5.78 Å². The lowest BCUT2D eigenvalue weighted by molar-refractivity contribution is 0.0984. The van der Waals surface area contributed by atoms with Crippen molar-refractivity contribution in [1.82, 2.24) is 14.9 Å². The van der Waals surface area contributed by atoms with Gasteiger partial charge in [0.1, 0.15) is 5.82 Å². The van der Waals surface area contributed by atoms with Crippen molar-refractivity contribution in [3.8, 4) is 0 Å². The van der Waals surface area contributed by atoms with Crippen molar-refractivity contribution in [3.63, 3.8) is 0 Å². The van der Waals surface area contributed by atoms with Crippen molar-refractivity contribution < 1.29 is 9.18 Å². The Bertz CT molecular complexity index is 885. The number of halogens is 1. The van der Waals surface area contributed by atoms with Crippen LogP contribution >= 0.6 is 0 Å². The number of hydrogen-bond donors (Lipinski definition) is 4. The largest absolute Gasteiger partial charge is 0.397 e. The Kier molecular flexibility index (Phi) is 6.89. The van der Waals surface area contributed by atoms with E-state index < -0.39 is 0 Å². The lowest BCUT2D eigenvalue weighted by Crippen LogP contribution is -2.41. The number of hydrogen-bond acceptors (Lipinski definition) is 6. The first-order valence-electron chi connectivity index (χ1n) is 10.2. The second-order valence-corrected chi connectivity index (χ2v) is 7.70. The van der Waals surface area contributed by atoms with Gasteiger partial charge in [0, 0.05) is 48.7 Å². The first kappa shape index (κ1) is 21.3. The molecule has 29 heavy (non-hydrogen) atoms. The van der Waals surface area contributed by atoms with E-state index in [0.29, 0.717) is 53.3 Å². The average Bonchev–Trinajstić information content (AvgIpc) is 3.07. The smallest absolute Gasteiger partial charge is 0.179 e. The van der Waals surface area contributed by atoms with Crippen LogP contribution in [0.3, 0.4) is 0 Å². The van der Waals surface area contributed by atoms with Gasteiger partial charge in [0.2, 0.25) is 0 Å². The van der Waals surface area contributed by atoms with E-state index in [2.05, 4.69) is 9.88 Å². The maximum atomic E-state index is 13.8. The molecule has 0 bridgehead atoms. The summed E-state index contributed by atoms with van der Waals surface area (Å²) in [5.74, 6) is 6.22. The molecule has 2 heterocycles. The van der Waals surface area contributed by atoms with Gasteiger partial charge in [0.05, 0.1) is 11.4 Å². The Morgan fingerprint density at radius 3 is 2.76 bits per heavy atom. The number of aromatic amines is 1. The number of nitrogens with zero attached hydrogens (tertiary/aromatic N) is 2. The summed E-state index contributed by atoms with van der Waals surface area (Å²) >= 11 is 0. The molecule has 0 radical (unpaired) electrons. The van der Waals surface area contributed by atoms with Gasteiger partial charge >= 0.3 is 0 Å². The molecule has 0 unspecified atom stereocenters. The highest BCUT2D eigenvalue weighted by molar-refractivity contribution is 6.07. The number of piperidine rings is 1. The molecular formula is C21H31FN6O. The minimum Gasteiger partial charge on any atom is -0.397 e. The molecule has 3 rings (SSSR count). The van der Waals surface area contributed by atoms with Gasteiger partial charge in [-0.2, -0.15) is 0 Å². The monoisotopic (exact) mass is 402 g/mol. The molecule has 0 aliphatic carbocycles. The summed E-state index contributed by atoms with van der Waals surface area (Å²) in [5, 5.41) is 2.16. The van der Waals surface area contributed by atoms with E-state index in [0.717, 1.165) is 32.5 Å². The molecule has 0 amide bonds. The Balaban J connectivity index is 1.79. The predicted molar refractivity (Wildman–Crippen MR) is 114 cm³/mol. The first-order valence-corrected chi connectivity index (χ1v) is 10.2. The van der Waals surface area contributed by atoms with Gasteiger partial charge in [-0.05, 0) is 50.0 Å². The van der Waals surface area contributed by atoms with Gasteiger partial charge in [-0.1, -0.05) is 6.92 Å². The zero-order valence-corrected chi connectivity index (χ0v) is 17.0. The van der Waals surface area contributed by atoms with Crippen molar-refractivity contribution >= 4 is 22.4 Å². The standard InChI is InChI=1S/C21H31FN6O/c1-2-19(29)21-20(16-11-15(22)3-4-18(16)26-21)17(24)13-28(25)12-14-5-8-27(9-6-14)10-7-23/h3-4,11,13-14,26H,2,5-10,12,23-25H2,1H3/b17-13-. The minimum absolute atomic E-state index is 0.0798. The van der Waals surface area contributed by atoms with Gasteiger partial charge < -0.3 is 26.4 Å². The van der Waals surface area contributed by atoms with E-state index >= 15 is 0 Å². The number of Topliss-reactive ketones (excluding diaryl/α,β-unsaturated/α-hetero) is 1. The van der Waals surface area contributed by atoms with Crippen LogP contribution in [0.5, 0.6) is 0 Å². The normalized spacial score (nSPS) is 16.5. The van der Waals surface area contributed by atoms with Crippen molar-refractivity contribution in [2.45, 2.75) is 26.2 Å². The molecule has 7 nitrogen and oxygen atoms in total. The second-order valence-electron chi connectivity index (χ2n) is 7.70. The van der Waals surface area contributed by atoms with Gasteiger partial charge in [0.25, 0.3) is 0 Å². The van der Waals surface area contributed by atoms with Crippen LogP contribution in [0, 0.1) is 11.7 Å². The number of ketones is 1. The van der Waals surface area contributed by atoms with Crippen LogP contribution in [0.1, 0.15) is 42.2 Å². The summed E-state index contributed by atoms with van der Waals surface area (Å²) < 4.78 is 13.8. The fourth-order valence-electron chi connectivity index (χ4n) is 4.02. The summed E-state index contributed by atoms with van der Waals surface area (Å²) in [6.07, 6.45) is 4.08. The molecule has 1 aromatic carbocycles. The lowest BCUT2D eigenvalue weighted by Gasteiger charge is -2.33. The maximum absolute atomic E-state index is 13.8. The molecule has 1 aliphatic heterocycles. The fourth-order valence-corrected chi connectivity index (χ4v) is 4.02. The Morgan fingerprint density at radius 2 is 2.10 bits per heavy atom. The van der Waals surface area contributed by atoms with Crippen LogP contribution < -0.4 is 17.3 Å². The van der Waals surface area contributed by atoms with Crippen molar-refractivity contribution in [3.05, 3.63) is 41.5 Å². The van der Waals surface area contributed by atoms with Crippen molar-refractivity contribution in [2.24, 2.45) is 23.2 Å². The fraction of sp³-hybridized carbons (Fsp3) is 0.476. The third-order valence-electron chi connectivity index (χ3n) is 5.58. The van der Waals surface area contributed by atoms with Crippen LogP contribution in [0.25, 0.3) is 16.6 Å². The molecule has 0 saturated carbocycles. The van der Waals surface area contributed by atoms with Crippen LogP contribution in [0.4, 0.5) is 4.39 Å². The van der Waals surface area contributed by atoms with Gasteiger partial charge in [-0.15, -0.1) is 0 Å². The molecular weight excluding hydrogens is 371 g/mol. The van der Waals surface area contributed by atoms with Crippen LogP contribution in [-0.4, -0.2) is 53.4 Å². The molecule has 1 fully saturated rings. The number of nitrogens with two attached hydrogens (primary N) is 3. The number of carbonyl (C=O) groups is 1. The summed E-state index contributed by atoms with van der Waals surface area (Å²) in [6.45, 7) is 6.10. The molecule has 0 spiro atoms. The van der Waals surface area contributed by atoms with Crippen molar-refractivity contribution in [1.29, 1.82) is 0 Å². The summed E-state index contributed by atoms with van der Waals surface area (Å²) in [5.41, 5.74) is 13.9. The highest BCUT2D eigenvalue weighted by atomic mass is 19.1. The summed E-state index contributed by atoms with van der Waals surface area (Å²) in [7, 11) is 0. The number of aromatic nitrogens is 1. The number of H-pyrrole nitrogens is 1. The highest BCUT2D eigenvalue weighted by Crippen LogP contribution is 2.29. The van der Waals surface area contributed by atoms with Crippen LogP contribution in [-0.2, 0) is 0 Å². The Labute approximate surface area is 170 Å². The number of benzene rings is 1. The number of rotatable bonds is 8. The van der Waals surface area contributed by atoms with E-state index in [-0.39, 0.29) is 11.6 Å². The maximum Gasteiger partial charge on any atom is 0.179 e. The quantitative estimate of drug-likeness (QED) is 0.305. The van der Waals surface area contributed by atoms with Crippen LogP contribution in [0.2, 0.25) is 0 Å². The topological polar surface area (TPSA) is 117 Å². The molecule has 8 heteroatoms. The Hall–Kier alpha value is -2.42. The lowest BCUT2D eigenvalue weighted by atomic mass is 9.96. The number of carbonyl (C=O) groups excluding carboxylic acids is 1. The number of hydrazine groups is 1. The minimum atomic E-state index is -0.380. The molecule has 1 saturated heterocycles. The summed E-state index contributed by atoms with van der Waals surface area (Å²) in [4.78, 5) is 17.9.